The molecule has 0 aliphatic carbocycles. The van der Waals surface area contributed by atoms with Crippen LogP contribution in [-0.4, -0.2) is 53.1 Å². The second-order valence-electron chi connectivity index (χ2n) is 9.35. The predicted molar refractivity (Wildman–Crippen MR) is 140 cm³/mol. The van der Waals surface area contributed by atoms with Crippen molar-refractivity contribution in [1.29, 1.82) is 0 Å². The molecular formula is C28H34BrNO5. The van der Waals surface area contributed by atoms with Crippen molar-refractivity contribution in [2.75, 3.05) is 45.4 Å². The number of hydrogen-bond acceptors (Lipinski definition) is 6. The van der Waals surface area contributed by atoms with Crippen molar-refractivity contribution in [1.82, 2.24) is 0 Å². The fourth-order valence-corrected chi connectivity index (χ4v) is 5.84. The summed E-state index contributed by atoms with van der Waals surface area (Å²) >= 11 is 3.76. The molecule has 7 heteroatoms. The van der Waals surface area contributed by atoms with Crippen molar-refractivity contribution in [3.05, 3.63) is 58.1 Å². The van der Waals surface area contributed by atoms with Gasteiger partial charge in [-0.1, -0.05) is 28.1 Å². The molecule has 0 spiro atoms. The molecule has 3 heterocycles. The van der Waals surface area contributed by atoms with Gasteiger partial charge in [-0.2, -0.15) is 0 Å². The zero-order chi connectivity index (χ0) is 24.2. The maximum Gasteiger partial charge on any atom is 0.199 e. The quantitative estimate of drug-likeness (QED) is 0.400. The lowest BCUT2D eigenvalue weighted by Crippen LogP contribution is -2.39. The van der Waals surface area contributed by atoms with Gasteiger partial charge in [-0.05, 0) is 55.5 Å². The molecule has 0 N–H and O–H groups in total. The standard InChI is InChI=1S/C28H34BrNO5/c1-31-28(32-2)20-12-14-30(15-13-20)21-8-6-19(7-9-21)27-23-11-10-22(17-25(23)34-18-24(27)29)35-26-5-3-4-16-33-26/h6-11,17,20,26,28H,3-5,12-16,18H2,1-2H3. The van der Waals surface area contributed by atoms with Crippen LogP contribution in [0.2, 0.25) is 0 Å². The fraction of sp³-hybridized carbons (Fsp3) is 0.500. The lowest BCUT2D eigenvalue weighted by Gasteiger charge is -2.36. The Kier molecular flexibility index (Phi) is 7.97. The summed E-state index contributed by atoms with van der Waals surface area (Å²) in [6.45, 7) is 3.27. The van der Waals surface area contributed by atoms with Crippen molar-refractivity contribution < 1.29 is 23.7 Å². The smallest absolute Gasteiger partial charge is 0.199 e. The molecular weight excluding hydrogens is 510 g/mol. The molecule has 0 saturated carbocycles. The van der Waals surface area contributed by atoms with E-state index in [1.807, 2.05) is 12.1 Å². The maximum atomic E-state index is 6.06. The van der Waals surface area contributed by atoms with Gasteiger partial charge in [0.1, 0.15) is 18.1 Å². The lowest BCUT2D eigenvalue weighted by atomic mass is 9.94. The highest BCUT2D eigenvalue weighted by Crippen LogP contribution is 2.42. The molecule has 0 bridgehead atoms. The summed E-state index contributed by atoms with van der Waals surface area (Å²) in [5.74, 6) is 2.07. The molecule has 188 valence electrons. The maximum absolute atomic E-state index is 6.06. The van der Waals surface area contributed by atoms with Crippen LogP contribution < -0.4 is 14.4 Å². The Balaban J connectivity index is 1.29. The fourth-order valence-electron chi connectivity index (χ4n) is 5.28. The number of ether oxygens (including phenoxy) is 5. The summed E-state index contributed by atoms with van der Waals surface area (Å²) in [5, 5.41) is 0. The van der Waals surface area contributed by atoms with Crippen molar-refractivity contribution >= 4 is 27.2 Å². The van der Waals surface area contributed by atoms with E-state index in [9.17, 15) is 0 Å². The number of piperidine rings is 1. The third kappa shape index (κ3) is 5.53. The molecule has 0 radical (unpaired) electrons. The van der Waals surface area contributed by atoms with E-state index in [0.717, 1.165) is 73.3 Å². The first-order chi connectivity index (χ1) is 17.2. The van der Waals surface area contributed by atoms with Gasteiger partial charge >= 0.3 is 0 Å². The first kappa shape index (κ1) is 24.6. The van der Waals surface area contributed by atoms with Gasteiger partial charge in [0.25, 0.3) is 0 Å². The molecule has 3 aliphatic heterocycles. The topological polar surface area (TPSA) is 49.4 Å². The van der Waals surface area contributed by atoms with Crippen LogP contribution in [-0.2, 0) is 14.2 Å². The minimum Gasteiger partial charge on any atom is -0.488 e. The number of anilines is 1. The number of fused-ring (bicyclic) bond motifs is 1. The van der Waals surface area contributed by atoms with Gasteiger partial charge in [0.2, 0.25) is 0 Å². The third-order valence-corrected chi connectivity index (χ3v) is 7.79. The summed E-state index contributed by atoms with van der Waals surface area (Å²) in [6, 6.07) is 14.9. The Labute approximate surface area is 216 Å². The average Bonchev–Trinajstić information content (AvgIpc) is 2.91. The zero-order valence-electron chi connectivity index (χ0n) is 20.5. The summed E-state index contributed by atoms with van der Waals surface area (Å²) in [4.78, 5) is 2.45. The molecule has 1 unspecified atom stereocenters. The van der Waals surface area contributed by atoms with Crippen molar-refractivity contribution in [3.63, 3.8) is 0 Å². The minimum atomic E-state index is -0.167. The Morgan fingerprint density at radius 2 is 1.74 bits per heavy atom. The van der Waals surface area contributed by atoms with Crippen molar-refractivity contribution in [2.24, 2.45) is 5.92 Å². The largest absolute Gasteiger partial charge is 0.488 e. The number of hydrogen-bond donors (Lipinski definition) is 0. The van der Waals surface area contributed by atoms with Gasteiger partial charge in [-0.15, -0.1) is 0 Å². The van der Waals surface area contributed by atoms with E-state index in [0.29, 0.717) is 12.5 Å². The monoisotopic (exact) mass is 543 g/mol. The Morgan fingerprint density at radius 3 is 2.43 bits per heavy atom. The van der Waals surface area contributed by atoms with E-state index in [-0.39, 0.29) is 12.6 Å². The van der Waals surface area contributed by atoms with E-state index in [1.54, 1.807) is 14.2 Å². The Morgan fingerprint density at radius 1 is 0.971 bits per heavy atom. The molecule has 2 aromatic rings. The van der Waals surface area contributed by atoms with E-state index in [2.05, 4.69) is 51.2 Å². The Hall–Kier alpha value is -2.06. The highest BCUT2D eigenvalue weighted by atomic mass is 79.9. The third-order valence-electron chi connectivity index (χ3n) is 7.16. The number of rotatable bonds is 7. The number of methoxy groups -OCH3 is 2. The molecule has 2 aromatic carbocycles. The molecule has 0 aromatic heterocycles. The second kappa shape index (κ2) is 11.3. The molecule has 3 aliphatic rings. The van der Waals surface area contributed by atoms with Crippen LogP contribution in [0.5, 0.6) is 11.5 Å². The summed E-state index contributed by atoms with van der Waals surface area (Å²) in [6.07, 6.45) is 5.02. The van der Waals surface area contributed by atoms with E-state index < -0.39 is 0 Å². The summed E-state index contributed by atoms with van der Waals surface area (Å²) in [7, 11) is 3.44. The van der Waals surface area contributed by atoms with Crippen LogP contribution in [0.15, 0.2) is 46.9 Å². The van der Waals surface area contributed by atoms with Gasteiger partial charge in [-0.25, -0.2) is 0 Å². The molecule has 5 rings (SSSR count). The highest BCUT2D eigenvalue weighted by Gasteiger charge is 2.27. The lowest BCUT2D eigenvalue weighted by molar-refractivity contribution is -0.141. The SMILES string of the molecule is COC(OC)C1CCN(c2ccc(C3=C(Br)COc4cc(OC5CCCCO5)ccc43)cc2)CC1. The van der Waals surface area contributed by atoms with Crippen LogP contribution >= 0.6 is 15.9 Å². The van der Waals surface area contributed by atoms with Crippen LogP contribution in [0.25, 0.3) is 5.57 Å². The first-order valence-corrected chi connectivity index (χ1v) is 13.3. The van der Waals surface area contributed by atoms with Gasteiger partial charge in [0, 0.05) is 67.0 Å². The average molecular weight is 544 g/mol. The van der Waals surface area contributed by atoms with Crippen molar-refractivity contribution in [2.45, 2.75) is 44.7 Å². The molecule has 2 saturated heterocycles. The van der Waals surface area contributed by atoms with Gasteiger partial charge in [-0.3, -0.25) is 0 Å². The number of halogens is 1. The van der Waals surface area contributed by atoms with E-state index in [4.69, 9.17) is 23.7 Å². The van der Waals surface area contributed by atoms with Crippen LogP contribution in [0.3, 0.4) is 0 Å². The number of benzene rings is 2. The highest BCUT2D eigenvalue weighted by molar-refractivity contribution is 9.11. The Bertz CT molecular complexity index is 1020. The summed E-state index contributed by atoms with van der Waals surface area (Å²) in [5.41, 5.74) is 4.65. The zero-order valence-corrected chi connectivity index (χ0v) is 22.1. The van der Waals surface area contributed by atoms with Gasteiger partial charge in [0.15, 0.2) is 12.6 Å². The van der Waals surface area contributed by atoms with Crippen LogP contribution in [0, 0.1) is 5.92 Å². The second-order valence-corrected chi connectivity index (χ2v) is 10.3. The van der Waals surface area contributed by atoms with Crippen LogP contribution in [0.1, 0.15) is 43.2 Å². The predicted octanol–water partition coefficient (Wildman–Crippen LogP) is 5.97. The summed E-state index contributed by atoms with van der Waals surface area (Å²) < 4.78 is 29.8. The molecule has 0 amide bonds. The molecule has 6 nitrogen and oxygen atoms in total. The molecule has 35 heavy (non-hydrogen) atoms. The van der Waals surface area contributed by atoms with Gasteiger partial charge in [0.05, 0.1) is 6.61 Å². The van der Waals surface area contributed by atoms with Gasteiger partial charge < -0.3 is 28.6 Å². The molecule has 1 atom stereocenters. The number of nitrogens with zero attached hydrogens (tertiary/aromatic N) is 1. The molecule has 2 fully saturated rings. The minimum absolute atomic E-state index is 0.112. The van der Waals surface area contributed by atoms with E-state index in [1.165, 1.54) is 16.8 Å². The first-order valence-electron chi connectivity index (χ1n) is 12.5. The van der Waals surface area contributed by atoms with Crippen molar-refractivity contribution in [3.8, 4) is 11.5 Å². The van der Waals surface area contributed by atoms with E-state index >= 15 is 0 Å². The van der Waals surface area contributed by atoms with Crippen LogP contribution in [0.4, 0.5) is 5.69 Å². The normalized spacial score (nSPS) is 21.1.